The fourth-order valence-corrected chi connectivity index (χ4v) is 5.38. The van der Waals surface area contributed by atoms with E-state index >= 15 is 0 Å². The van der Waals surface area contributed by atoms with Gasteiger partial charge in [-0.05, 0) is 75.4 Å². The van der Waals surface area contributed by atoms with E-state index in [0.717, 1.165) is 62.0 Å². The van der Waals surface area contributed by atoms with Crippen molar-refractivity contribution in [1.29, 1.82) is 0 Å². The fourth-order valence-electron chi connectivity index (χ4n) is 5.38. The quantitative estimate of drug-likeness (QED) is 0.610. The molecule has 2 N–H and O–H groups in total. The van der Waals surface area contributed by atoms with Crippen molar-refractivity contribution in [3.05, 3.63) is 60.2 Å². The van der Waals surface area contributed by atoms with Gasteiger partial charge in [-0.25, -0.2) is 0 Å². The normalized spacial score (nSPS) is 20.2. The van der Waals surface area contributed by atoms with E-state index in [1.807, 2.05) is 30.0 Å². The SMILES string of the molecule is CN[C@@H](C)C(=O)N[C@H](C(=O)N1CCC[C@H]1c1cccc(N(C)c2ccccc2)c1)C1CCCC1. The van der Waals surface area contributed by atoms with E-state index in [2.05, 4.69) is 59.0 Å². The summed E-state index contributed by atoms with van der Waals surface area (Å²) < 4.78 is 0. The minimum atomic E-state index is -0.443. The zero-order valence-corrected chi connectivity index (χ0v) is 20.7. The lowest BCUT2D eigenvalue weighted by Gasteiger charge is -2.33. The van der Waals surface area contributed by atoms with Crippen molar-refractivity contribution in [3.8, 4) is 0 Å². The van der Waals surface area contributed by atoms with Crippen LogP contribution >= 0.6 is 0 Å². The van der Waals surface area contributed by atoms with Crippen LogP contribution < -0.4 is 15.5 Å². The lowest BCUT2D eigenvalue weighted by molar-refractivity contribution is -0.139. The zero-order valence-electron chi connectivity index (χ0n) is 20.7. The van der Waals surface area contributed by atoms with Crippen LogP contribution in [0, 0.1) is 5.92 Å². The third kappa shape index (κ3) is 5.27. The maximum Gasteiger partial charge on any atom is 0.245 e. The highest BCUT2D eigenvalue weighted by Gasteiger charge is 2.39. The minimum Gasteiger partial charge on any atom is -0.345 e. The van der Waals surface area contributed by atoms with Crippen LogP contribution in [-0.4, -0.2) is 49.4 Å². The molecule has 3 atom stereocenters. The second kappa shape index (κ2) is 11.0. The number of nitrogens with zero attached hydrogens (tertiary/aromatic N) is 2. The predicted octanol–water partition coefficient (Wildman–Crippen LogP) is 4.40. The van der Waals surface area contributed by atoms with Gasteiger partial charge in [0.2, 0.25) is 11.8 Å². The second-order valence-corrected chi connectivity index (χ2v) is 9.72. The largest absolute Gasteiger partial charge is 0.345 e. The van der Waals surface area contributed by atoms with E-state index in [1.54, 1.807) is 7.05 Å². The Morgan fingerprint density at radius 3 is 2.38 bits per heavy atom. The summed E-state index contributed by atoms with van der Waals surface area (Å²) in [5.74, 6) is 0.195. The Bertz CT molecular complexity index is 973. The molecule has 2 aromatic carbocycles. The first kappa shape index (κ1) is 24.3. The van der Waals surface area contributed by atoms with Gasteiger partial charge in [0.25, 0.3) is 0 Å². The number of likely N-dealkylation sites (N-methyl/N-ethyl adjacent to an activating group) is 1. The molecule has 6 heteroatoms. The number of hydrogen-bond donors (Lipinski definition) is 2. The summed E-state index contributed by atoms with van der Waals surface area (Å²) >= 11 is 0. The molecule has 1 saturated carbocycles. The number of likely N-dealkylation sites (tertiary alicyclic amines) is 1. The molecule has 0 spiro atoms. The number of nitrogens with one attached hydrogen (secondary N) is 2. The van der Waals surface area contributed by atoms with Gasteiger partial charge < -0.3 is 20.4 Å². The van der Waals surface area contributed by atoms with E-state index < -0.39 is 6.04 Å². The fraction of sp³-hybridized carbons (Fsp3) is 0.500. The Morgan fingerprint density at radius 1 is 0.971 bits per heavy atom. The van der Waals surface area contributed by atoms with Crippen molar-refractivity contribution in [2.45, 2.75) is 63.6 Å². The van der Waals surface area contributed by atoms with Crippen LogP contribution in [0.3, 0.4) is 0 Å². The summed E-state index contributed by atoms with van der Waals surface area (Å²) in [6.07, 6.45) is 6.18. The van der Waals surface area contributed by atoms with Crippen LogP contribution in [0.25, 0.3) is 0 Å². The van der Waals surface area contributed by atoms with Gasteiger partial charge >= 0.3 is 0 Å². The highest BCUT2D eigenvalue weighted by molar-refractivity contribution is 5.90. The van der Waals surface area contributed by atoms with Gasteiger partial charge in [-0.15, -0.1) is 0 Å². The van der Waals surface area contributed by atoms with Crippen LogP contribution in [0.5, 0.6) is 0 Å². The monoisotopic (exact) mass is 462 g/mol. The number of amides is 2. The smallest absolute Gasteiger partial charge is 0.245 e. The van der Waals surface area contributed by atoms with Crippen LogP contribution in [0.4, 0.5) is 11.4 Å². The molecule has 0 bridgehead atoms. The lowest BCUT2D eigenvalue weighted by atomic mass is 9.95. The third-order valence-electron chi connectivity index (χ3n) is 7.58. The van der Waals surface area contributed by atoms with Crippen LogP contribution in [-0.2, 0) is 9.59 Å². The number of carbonyl (C=O) groups is 2. The van der Waals surface area contributed by atoms with Crippen LogP contribution in [0.15, 0.2) is 54.6 Å². The molecule has 1 heterocycles. The number of benzene rings is 2. The molecule has 2 aliphatic rings. The second-order valence-electron chi connectivity index (χ2n) is 9.72. The predicted molar refractivity (Wildman–Crippen MR) is 137 cm³/mol. The average Bonchev–Trinajstić information content (AvgIpc) is 3.59. The Hall–Kier alpha value is -2.86. The summed E-state index contributed by atoms with van der Waals surface area (Å²) in [6.45, 7) is 2.57. The summed E-state index contributed by atoms with van der Waals surface area (Å²) in [7, 11) is 3.84. The van der Waals surface area contributed by atoms with Gasteiger partial charge in [-0.2, -0.15) is 0 Å². The standard InChI is InChI=1S/C28H38N4O2/c1-20(29-2)27(33)30-26(21-11-7-8-12-21)28(34)32-18-10-17-25(32)22-13-9-16-24(19-22)31(3)23-14-5-4-6-15-23/h4-6,9,13-16,19-21,25-26,29H,7-8,10-12,17-18H2,1-3H3,(H,30,33)/t20-,25-,26-/m0/s1. The highest BCUT2D eigenvalue weighted by atomic mass is 16.2. The molecule has 4 rings (SSSR count). The molecule has 1 saturated heterocycles. The van der Waals surface area contributed by atoms with E-state index in [1.165, 1.54) is 0 Å². The first-order valence-corrected chi connectivity index (χ1v) is 12.7. The first-order chi connectivity index (χ1) is 16.5. The van der Waals surface area contributed by atoms with Crippen molar-refractivity contribution in [2.24, 2.45) is 5.92 Å². The van der Waals surface area contributed by atoms with E-state index in [9.17, 15) is 9.59 Å². The van der Waals surface area contributed by atoms with Crippen molar-refractivity contribution in [2.75, 3.05) is 25.5 Å². The van der Waals surface area contributed by atoms with Crippen molar-refractivity contribution in [3.63, 3.8) is 0 Å². The molecule has 182 valence electrons. The average molecular weight is 463 g/mol. The Balaban J connectivity index is 1.55. The maximum atomic E-state index is 13.9. The third-order valence-corrected chi connectivity index (χ3v) is 7.58. The molecular formula is C28H38N4O2. The zero-order chi connectivity index (χ0) is 24.1. The van der Waals surface area contributed by atoms with Crippen LogP contribution in [0.2, 0.25) is 0 Å². The van der Waals surface area contributed by atoms with Gasteiger partial charge in [0, 0.05) is 25.0 Å². The topological polar surface area (TPSA) is 64.7 Å². The first-order valence-electron chi connectivity index (χ1n) is 12.7. The molecule has 0 unspecified atom stereocenters. The molecule has 0 aromatic heterocycles. The molecule has 1 aliphatic carbocycles. The van der Waals surface area contributed by atoms with Crippen molar-refractivity contribution < 1.29 is 9.59 Å². The van der Waals surface area contributed by atoms with E-state index in [-0.39, 0.29) is 29.8 Å². The Morgan fingerprint density at radius 2 is 1.68 bits per heavy atom. The number of para-hydroxylation sites is 1. The van der Waals surface area contributed by atoms with E-state index in [4.69, 9.17) is 0 Å². The Kier molecular flexibility index (Phi) is 7.88. The molecule has 6 nitrogen and oxygen atoms in total. The molecular weight excluding hydrogens is 424 g/mol. The number of carbonyl (C=O) groups excluding carboxylic acids is 2. The summed E-state index contributed by atoms with van der Waals surface area (Å²) in [4.78, 5) is 30.8. The Labute approximate surface area is 203 Å². The van der Waals surface area contributed by atoms with Gasteiger partial charge in [-0.3, -0.25) is 9.59 Å². The number of anilines is 2. The maximum absolute atomic E-state index is 13.9. The van der Waals surface area contributed by atoms with Crippen LogP contribution in [0.1, 0.15) is 57.1 Å². The van der Waals surface area contributed by atoms with Crippen molar-refractivity contribution >= 4 is 23.2 Å². The summed E-state index contributed by atoms with van der Waals surface area (Å²) in [5, 5.41) is 6.10. The molecule has 2 aromatic rings. The number of rotatable bonds is 8. The molecule has 2 amide bonds. The molecule has 34 heavy (non-hydrogen) atoms. The number of hydrogen-bond acceptors (Lipinski definition) is 4. The van der Waals surface area contributed by atoms with Crippen molar-refractivity contribution in [1.82, 2.24) is 15.5 Å². The van der Waals surface area contributed by atoms with Gasteiger partial charge in [0.15, 0.2) is 0 Å². The van der Waals surface area contributed by atoms with E-state index in [0.29, 0.717) is 0 Å². The molecule has 1 aliphatic heterocycles. The highest BCUT2D eigenvalue weighted by Crippen LogP contribution is 2.37. The summed E-state index contributed by atoms with van der Waals surface area (Å²) in [5.41, 5.74) is 3.39. The molecule has 2 fully saturated rings. The van der Waals surface area contributed by atoms with Gasteiger partial charge in [0.1, 0.15) is 6.04 Å². The minimum absolute atomic E-state index is 0.0409. The van der Waals surface area contributed by atoms with Gasteiger partial charge in [-0.1, -0.05) is 43.2 Å². The summed E-state index contributed by atoms with van der Waals surface area (Å²) in [6, 6.07) is 18.1. The van der Waals surface area contributed by atoms with Gasteiger partial charge in [0.05, 0.1) is 12.1 Å². The lowest BCUT2D eigenvalue weighted by Crippen LogP contribution is -2.55. The molecule has 0 radical (unpaired) electrons.